The van der Waals surface area contributed by atoms with Crippen LogP contribution in [0.4, 0.5) is 14.5 Å². The number of hydrogen-bond acceptors (Lipinski definition) is 2. The molecule has 1 N–H and O–H groups in total. The highest BCUT2D eigenvalue weighted by atomic mass is 19.2. The number of rotatable bonds is 5. The fraction of sp³-hybridized carbons (Fsp3) is 0.278. The second-order valence-electron chi connectivity index (χ2n) is 5.40. The number of ether oxygens (including phenoxy) is 1. The van der Waals surface area contributed by atoms with E-state index in [4.69, 9.17) is 4.74 Å². The summed E-state index contributed by atoms with van der Waals surface area (Å²) in [6.07, 6.45) is -0.271. The SMILES string of the molecule is CCC(Oc1ccc(C)cc1C)C(=O)Nc1ccc(F)c(F)c1. The number of carbonyl (C=O) groups is 1. The van der Waals surface area contributed by atoms with Crippen LogP contribution in [0.15, 0.2) is 36.4 Å². The molecule has 2 aromatic rings. The fourth-order valence-corrected chi connectivity index (χ4v) is 2.20. The van der Waals surface area contributed by atoms with Gasteiger partial charge >= 0.3 is 0 Å². The van der Waals surface area contributed by atoms with Crippen LogP contribution >= 0.6 is 0 Å². The lowest BCUT2D eigenvalue weighted by Crippen LogP contribution is -2.32. The number of benzene rings is 2. The first-order chi connectivity index (χ1) is 10.9. The van der Waals surface area contributed by atoms with E-state index in [1.807, 2.05) is 39.0 Å². The highest BCUT2D eigenvalue weighted by Gasteiger charge is 2.19. The minimum atomic E-state index is -1.01. The minimum Gasteiger partial charge on any atom is -0.480 e. The number of hydrogen-bond donors (Lipinski definition) is 1. The topological polar surface area (TPSA) is 38.3 Å². The van der Waals surface area contributed by atoms with Crippen LogP contribution in [0.5, 0.6) is 5.75 Å². The van der Waals surface area contributed by atoms with E-state index >= 15 is 0 Å². The number of nitrogens with one attached hydrogen (secondary N) is 1. The van der Waals surface area contributed by atoms with Crippen molar-refractivity contribution in [3.05, 3.63) is 59.2 Å². The maximum atomic E-state index is 13.2. The lowest BCUT2D eigenvalue weighted by Gasteiger charge is -2.19. The molecular weight excluding hydrogens is 300 g/mol. The maximum absolute atomic E-state index is 13.2. The van der Waals surface area contributed by atoms with Crippen LogP contribution in [0.1, 0.15) is 24.5 Å². The van der Waals surface area contributed by atoms with Gasteiger partial charge in [-0.15, -0.1) is 0 Å². The molecule has 0 saturated carbocycles. The summed E-state index contributed by atoms with van der Waals surface area (Å²) in [5.74, 6) is -1.74. The Kier molecular flexibility index (Phi) is 5.32. The van der Waals surface area contributed by atoms with Crippen LogP contribution in [-0.2, 0) is 4.79 Å². The van der Waals surface area contributed by atoms with E-state index in [1.54, 1.807) is 0 Å². The van der Waals surface area contributed by atoms with Gasteiger partial charge in [0.15, 0.2) is 17.7 Å². The second kappa shape index (κ2) is 7.22. The molecule has 0 fully saturated rings. The van der Waals surface area contributed by atoms with Gasteiger partial charge in [0.05, 0.1) is 0 Å². The average molecular weight is 319 g/mol. The quantitative estimate of drug-likeness (QED) is 0.888. The summed E-state index contributed by atoms with van der Waals surface area (Å²) >= 11 is 0. The molecule has 0 saturated heterocycles. The molecule has 0 radical (unpaired) electrons. The molecule has 1 atom stereocenters. The van der Waals surface area contributed by atoms with E-state index in [2.05, 4.69) is 5.32 Å². The van der Waals surface area contributed by atoms with Crippen molar-refractivity contribution >= 4 is 11.6 Å². The van der Waals surface area contributed by atoms with E-state index in [0.29, 0.717) is 12.2 Å². The standard InChI is InChI=1S/C18H19F2NO2/c1-4-16(23-17-8-5-11(2)9-12(17)3)18(22)21-13-6-7-14(19)15(20)10-13/h5-10,16H,4H2,1-3H3,(H,21,22). The molecule has 0 aliphatic heterocycles. The van der Waals surface area contributed by atoms with Gasteiger partial charge in [-0.2, -0.15) is 0 Å². The first kappa shape index (κ1) is 16.9. The highest BCUT2D eigenvalue weighted by Crippen LogP contribution is 2.21. The predicted molar refractivity (Wildman–Crippen MR) is 85.6 cm³/mol. The summed E-state index contributed by atoms with van der Waals surface area (Å²) in [6, 6.07) is 8.91. The smallest absolute Gasteiger partial charge is 0.265 e. The molecule has 0 aromatic heterocycles. The van der Waals surface area contributed by atoms with Crippen molar-refractivity contribution < 1.29 is 18.3 Å². The Labute approximate surface area is 134 Å². The number of carbonyl (C=O) groups excluding carboxylic acids is 1. The van der Waals surface area contributed by atoms with Gasteiger partial charge in [0, 0.05) is 11.8 Å². The van der Waals surface area contributed by atoms with Gasteiger partial charge in [0.2, 0.25) is 0 Å². The van der Waals surface area contributed by atoms with Gasteiger partial charge in [-0.05, 0) is 44.0 Å². The molecule has 0 spiro atoms. The Morgan fingerprint density at radius 3 is 2.48 bits per heavy atom. The third kappa shape index (κ3) is 4.28. The molecule has 0 heterocycles. The zero-order chi connectivity index (χ0) is 17.0. The van der Waals surface area contributed by atoms with E-state index in [9.17, 15) is 13.6 Å². The average Bonchev–Trinajstić information content (AvgIpc) is 2.50. The summed E-state index contributed by atoms with van der Waals surface area (Å²) in [6.45, 7) is 5.70. The molecule has 3 nitrogen and oxygen atoms in total. The van der Waals surface area contributed by atoms with E-state index < -0.39 is 23.6 Å². The van der Waals surface area contributed by atoms with Crippen molar-refractivity contribution in [3.8, 4) is 5.75 Å². The van der Waals surface area contributed by atoms with Crippen molar-refractivity contribution in [1.29, 1.82) is 0 Å². The van der Waals surface area contributed by atoms with Crippen LogP contribution in [-0.4, -0.2) is 12.0 Å². The Morgan fingerprint density at radius 1 is 1.13 bits per heavy atom. The zero-order valence-electron chi connectivity index (χ0n) is 13.3. The Balaban J connectivity index is 2.10. The predicted octanol–water partition coefficient (Wildman–Crippen LogP) is 4.38. The van der Waals surface area contributed by atoms with Crippen LogP contribution in [0.3, 0.4) is 0 Å². The third-order valence-electron chi connectivity index (χ3n) is 3.45. The summed E-state index contributed by atoms with van der Waals surface area (Å²) < 4.78 is 31.9. The normalized spacial score (nSPS) is 11.9. The van der Waals surface area contributed by atoms with Crippen LogP contribution in [0.2, 0.25) is 0 Å². The third-order valence-corrected chi connectivity index (χ3v) is 3.45. The first-order valence-corrected chi connectivity index (χ1v) is 7.40. The van der Waals surface area contributed by atoms with Crippen molar-refractivity contribution in [1.82, 2.24) is 0 Å². The summed E-state index contributed by atoms with van der Waals surface area (Å²) in [5, 5.41) is 2.54. The van der Waals surface area contributed by atoms with Crippen molar-refractivity contribution in [3.63, 3.8) is 0 Å². The molecule has 2 aromatic carbocycles. The Hall–Kier alpha value is -2.43. The van der Waals surface area contributed by atoms with Gasteiger partial charge in [0.1, 0.15) is 5.75 Å². The first-order valence-electron chi connectivity index (χ1n) is 7.40. The number of aryl methyl sites for hydroxylation is 2. The molecule has 1 unspecified atom stereocenters. The van der Waals surface area contributed by atoms with Crippen LogP contribution in [0.25, 0.3) is 0 Å². The van der Waals surface area contributed by atoms with Gasteiger partial charge in [-0.3, -0.25) is 4.79 Å². The molecule has 0 bridgehead atoms. The molecule has 122 valence electrons. The van der Waals surface area contributed by atoms with Crippen molar-refractivity contribution in [2.24, 2.45) is 0 Å². The second-order valence-corrected chi connectivity index (χ2v) is 5.40. The molecule has 23 heavy (non-hydrogen) atoms. The molecular formula is C18H19F2NO2. The number of halogens is 2. The summed E-state index contributed by atoms with van der Waals surface area (Å²) in [5.41, 5.74) is 2.23. The number of amides is 1. The van der Waals surface area contributed by atoms with Gasteiger partial charge in [-0.25, -0.2) is 8.78 Å². The zero-order valence-corrected chi connectivity index (χ0v) is 13.3. The van der Waals surface area contributed by atoms with Crippen LogP contribution in [0, 0.1) is 25.5 Å². The largest absolute Gasteiger partial charge is 0.480 e. The van der Waals surface area contributed by atoms with Crippen molar-refractivity contribution in [2.45, 2.75) is 33.3 Å². The summed E-state index contributed by atoms with van der Waals surface area (Å²) in [7, 11) is 0. The molecule has 0 aliphatic carbocycles. The van der Waals surface area contributed by atoms with Gasteiger partial charge < -0.3 is 10.1 Å². The van der Waals surface area contributed by atoms with Gasteiger partial charge in [0.25, 0.3) is 5.91 Å². The maximum Gasteiger partial charge on any atom is 0.265 e. The Bertz CT molecular complexity index is 716. The lowest BCUT2D eigenvalue weighted by molar-refractivity contribution is -0.122. The lowest BCUT2D eigenvalue weighted by atomic mass is 10.1. The number of anilines is 1. The van der Waals surface area contributed by atoms with E-state index in [-0.39, 0.29) is 5.69 Å². The molecule has 0 aliphatic rings. The summed E-state index contributed by atoms with van der Waals surface area (Å²) in [4.78, 5) is 12.3. The van der Waals surface area contributed by atoms with Gasteiger partial charge in [-0.1, -0.05) is 24.6 Å². The van der Waals surface area contributed by atoms with E-state index in [0.717, 1.165) is 23.3 Å². The molecule has 2 rings (SSSR count). The van der Waals surface area contributed by atoms with Crippen LogP contribution < -0.4 is 10.1 Å². The molecule has 1 amide bonds. The Morgan fingerprint density at radius 2 is 1.87 bits per heavy atom. The van der Waals surface area contributed by atoms with Crippen molar-refractivity contribution in [2.75, 3.05) is 5.32 Å². The monoisotopic (exact) mass is 319 g/mol. The van der Waals surface area contributed by atoms with E-state index in [1.165, 1.54) is 6.07 Å². The highest BCUT2D eigenvalue weighted by molar-refractivity contribution is 5.94. The molecule has 5 heteroatoms. The minimum absolute atomic E-state index is 0.191. The fourth-order valence-electron chi connectivity index (χ4n) is 2.20.